The van der Waals surface area contributed by atoms with E-state index in [0.717, 1.165) is 19.3 Å². The number of hydrogen-bond acceptors (Lipinski definition) is 2. The molecule has 2 unspecified atom stereocenters. The van der Waals surface area contributed by atoms with Crippen molar-refractivity contribution in [2.75, 3.05) is 0 Å². The Bertz CT molecular complexity index is 278. The van der Waals surface area contributed by atoms with Gasteiger partial charge in [-0.15, -0.1) is 0 Å². The van der Waals surface area contributed by atoms with E-state index in [0.29, 0.717) is 5.78 Å². The number of rotatable bonds is 3. The van der Waals surface area contributed by atoms with Gasteiger partial charge in [-0.25, -0.2) is 0 Å². The van der Waals surface area contributed by atoms with Crippen molar-refractivity contribution in [3.05, 3.63) is 0 Å². The van der Waals surface area contributed by atoms with Crippen LogP contribution in [0.25, 0.3) is 0 Å². The second-order valence-corrected chi connectivity index (χ2v) is 11.7. The first-order chi connectivity index (χ1) is 7.65. The minimum absolute atomic E-state index is 0.101. The molecule has 2 nitrogen and oxygen atoms in total. The molecule has 0 radical (unpaired) electrons. The third-order valence-electron chi connectivity index (χ3n) is 4.46. The first-order valence-electron chi connectivity index (χ1n) is 6.86. The second kappa shape index (κ2) is 5.23. The third kappa shape index (κ3) is 3.65. The number of carbonyl (C=O) groups is 1. The van der Waals surface area contributed by atoms with Gasteiger partial charge in [-0.3, -0.25) is 4.79 Å². The number of ketones is 1. The highest BCUT2D eigenvalue weighted by molar-refractivity contribution is 6.74. The van der Waals surface area contributed by atoms with Crippen molar-refractivity contribution in [2.24, 2.45) is 5.92 Å². The zero-order valence-electron chi connectivity index (χ0n) is 12.3. The van der Waals surface area contributed by atoms with Gasteiger partial charge in [0.25, 0.3) is 0 Å². The Labute approximate surface area is 107 Å². The van der Waals surface area contributed by atoms with E-state index < -0.39 is 8.32 Å². The monoisotopic (exact) mass is 256 g/mol. The van der Waals surface area contributed by atoms with Crippen LogP contribution in [0.3, 0.4) is 0 Å². The molecule has 2 atom stereocenters. The van der Waals surface area contributed by atoms with Gasteiger partial charge >= 0.3 is 0 Å². The molecule has 0 heterocycles. The molecule has 1 aliphatic carbocycles. The molecule has 1 aliphatic rings. The molecule has 1 rings (SSSR count). The Balaban J connectivity index is 2.65. The standard InChI is InChI=1S/C14H28O2Si/c1-11(12-9-7-8-10-13(12)15)16-17(5,6)14(2,3)4/h11-12H,7-10H2,1-6H3. The summed E-state index contributed by atoms with van der Waals surface area (Å²) in [6.45, 7) is 13.3. The van der Waals surface area contributed by atoms with Crippen LogP contribution in [0.1, 0.15) is 53.4 Å². The minimum Gasteiger partial charge on any atom is -0.413 e. The van der Waals surface area contributed by atoms with Crippen LogP contribution in [-0.2, 0) is 9.22 Å². The maximum atomic E-state index is 11.9. The quantitative estimate of drug-likeness (QED) is 0.709. The Morgan fingerprint density at radius 3 is 2.35 bits per heavy atom. The Kier molecular flexibility index (Phi) is 4.58. The topological polar surface area (TPSA) is 26.3 Å². The molecule has 17 heavy (non-hydrogen) atoms. The molecular formula is C14H28O2Si. The molecule has 0 aliphatic heterocycles. The van der Waals surface area contributed by atoms with Gasteiger partial charge in [0.1, 0.15) is 5.78 Å². The highest BCUT2D eigenvalue weighted by Gasteiger charge is 2.40. The largest absolute Gasteiger partial charge is 0.413 e. The van der Waals surface area contributed by atoms with Gasteiger partial charge in [0.2, 0.25) is 0 Å². The van der Waals surface area contributed by atoms with E-state index >= 15 is 0 Å². The predicted octanol–water partition coefficient (Wildman–Crippen LogP) is 4.16. The fraction of sp³-hybridized carbons (Fsp3) is 0.929. The van der Waals surface area contributed by atoms with E-state index in [9.17, 15) is 4.79 Å². The van der Waals surface area contributed by atoms with Crippen molar-refractivity contribution in [1.29, 1.82) is 0 Å². The maximum Gasteiger partial charge on any atom is 0.192 e. The average molecular weight is 256 g/mol. The summed E-state index contributed by atoms with van der Waals surface area (Å²) >= 11 is 0. The lowest BCUT2D eigenvalue weighted by Gasteiger charge is -2.40. The molecule has 1 fully saturated rings. The smallest absolute Gasteiger partial charge is 0.192 e. The summed E-state index contributed by atoms with van der Waals surface area (Å²) in [7, 11) is -1.73. The molecule has 0 amide bonds. The van der Waals surface area contributed by atoms with Gasteiger partial charge in [-0.1, -0.05) is 27.2 Å². The molecular weight excluding hydrogens is 228 g/mol. The summed E-state index contributed by atoms with van der Waals surface area (Å²) in [5.74, 6) is 0.570. The number of Topliss-reactive ketones (excluding diaryl/α,β-unsaturated/α-hetero) is 1. The second-order valence-electron chi connectivity index (χ2n) is 6.90. The van der Waals surface area contributed by atoms with Crippen LogP contribution in [-0.4, -0.2) is 20.2 Å². The van der Waals surface area contributed by atoms with Crippen LogP contribution < -0.4 is 0 Å². The Morgan fingerprint density at radius 2 is 1.88 bits per heavy atom. The fourth-order valence-electron chi connectivity index (χ4n) is 2.23. The lowest BCUT2D eigenvalue weighted by molar-refractivity contribution is -0.127. The van der Waals surface area contributed by atoms with Crippen molar-refractivity contribution in [3.8, 4) is 0 Å². The van der Waals surface area contributed by atoms with Crippen molar-refractivity contribution in [2.45, 2.75) is 77.6 Å². The van der Waals surface area contributed by atoms with E-state index in [1.165, 1.54) is 6.42 Å². The number of hydrogen-bond donors (Lipinski definition) is 0. The highest BCUT2D eigenvalue weighted by Crippen LogP contribution is 2.39. The first kappa shape index (κ1) is 14.9. The average Bonchev–Trinajstić information content (AvgIpc) is 2.15. The minimum atomic E-state index is -1.73. The van der Waals surface area contributed by atoms with E-state index in [2.05, 4.69) is 40.8 Å². The van der Waals surface area contributed by atoms with Gasteiger partial charge in [0.05, 0.1) is 6.10 Å². The van der Waals surface area contributed by atoms with E-state index in [1.807, 2.05) is 0 Å². The molecule has 1 saturated carbocycles. The molecule has 0 aromatic carbocycles. The summed E-state index contributed by atoms with van der Waals surface area (Å²) < 4.78 is 6.33. The molecule has 0 saturated heterocycles. The Hall–Kier alpha value is -0.153. The normalized spacial score (nSPS) is 24.8. The van der Waals surface area contributed by atoms with Gasteiger partial charge in [0.15, 0.2) is 8.32 Å². The maximum absolute atomic E-state index is 11.9. The summed E-state index contributed by atoms with van der Waals surface area (Å²) in [4.78, 5) is 11.9. The summed E-state index contributed by atoms with van der Waals surface area (Å²) in [6.07, 6.45) is 4.14. The van der Waals surface area contributed by atoms with Crippen molar-refractivity contribution in [3.63, 3.8) is 0 Å². The zero-order chi connectivity index (χ0) is 13.3. The van der Waals surface area contributed by atoms with Crippen molar-refractivity contribution >= 4 is 14.1 Å². The van der Waals surface area contributed by atoms with E-state index in [4.69, 9.17) is 4.43 Å². The van der Waals surface area contributed by atoms with Crippen LogP contribution in [0.15, 0.2) is 0 Å². The molecule has 0 aromatic rings. The Morgan fingerprint density at radius 1 is 1.29 bits per heavy atom. The third-order valence-corrected chi connectivity index (χ3v) is 9.03. The van der Waals surface area contributed by atoms with Gasteiger partial charge in [0, 0.05) is 12.3 Å². The number of carbonyl (C=O) groups excluding carboxylic acids is 1. The lowest BCUT2D eigenvalue weighted by atomic mass is 9.85. The predicted molar refractivity (Wildman–Crippen MR) is 74.7 cm³/mol. The molecule has 3 heteroatoms. The van der Waals surface area contributed by atoms with Crippen LogP contribution in [0.2, 0.25) is 18.1 Å². The van der Waals surface area contributed by atoms with Crippen LogP contribution in [0.5, 0.6) is 0 Å². The summed E-state index contributed by atoms with van der Waals surface area (Å²) in [5, 5.41) is 0.221. The van der Waals surface area contributed by atoms with Crippen molar-refractivity contribution in [1.82, 2.24) is 0 Å². The van der Waals surface area contributed by atoms with Crippen molar-refractivity contribution < 1.29 is 9.22 Å². The fourth-order valence-corrected chi connectivity index (χ4v) is 3.68. The van der Waals surface area contributed by atoms with E-state index in [1.54, 1.807) is 0 Å². The van der Waals surface area contributed by atoms with Crippen LogP contribution in [0.4, 0.5) is 0 Å². The summed E-state index contributed by atoms with van der Waals surface area (Å²) in [5.41, 5.74) is 0. The molecule has 0 bridgehead atoms. The van der Waals surface area contributed by atoms with Gasteiger partial charge < -0.3 is 4.43 Å². The molecule has 0 N–H and O–H groups in total. The molecule has 0 aromatic heterocycles. The summed E-state index contributed by atoms with van der Waals surface area (Å²) in [6, 6.07) is 0. The molecule has 0 spiro atoms. The molecule has 100 valence electrons. The van der Waals surface area contributed by atoms with Crippen LogP contribution in [0, 0.1) is 5.92 Å². The van der Waals surface area contributed by atoms with E-state index in [-0.39, 0.29) is 17.1 Å². The van der Waals surface area contributed by atoms with Gasteiger partial charge in [-0.05, 0) is 37.9 Å². The van der Waals surface area contributed by atoms with Gasteiger partial charge in [-0.2, -0.15) is 0 Å². The first-order valence-corrected chi connectivity index (χ1v) is 9.76. The van der Waals surface area contributed by atoms with Crippen LogP contribution >= 0.6 is 0 Å². The lowest BCUT2D eigenvalue weighted by Crippen LogP contribution is -2.46. The highest BCUT2D eigenvalue weighted by atomic mass is 28.4. The SMILES string of the molecule is CC(O[Si](C)(C)C(C)(C)C)C1CCCCC1=O. The zero-order valence-corrected chi connectivity index (χ0v) is 13.3.